The highest BCUT2D eigenvalue weighted by Crippen LogP contribution is 2.24. The van der Waals surface area contributed by atoms with Crippen molar-refractivity contribution in [2.45, 2.75) is 6.42 Å². The zero-order chi connectivity index (χ0) is 13.1. The van der Waals surface area contributed by atoms with Crippen LogP contribution in [-0.2, 0) is 6.42 Å². The average molecular weight is 326 g/mol. The molecular weight excluding hydrogens is 316 g/mol. The Bertz CT molecular complexity index is 596. The number of carbonyl (C=O) groups is 1. The minimum Gasteiger partial charge on any atom is -0.508 e. The van der Waals surface area contributed by atoms with Crippen molar-refractivity contribution < 1.29 is 9.90 Å². The summed E-state index contributed by atoms with van der Waals surface area (Å²) in [6, 6.07) is 11.8. The first-order chi connectivity index (χ1) is 8.56. The number of ketones is 1. The van der Waals surface area contributed by atoms with Crippen LogP contribution in [0.2, 0.25) is 5.02 Å². The number of halogens is 2. The molecule has 0 aromatic heterocycles. The lowest BCUT2D eigenvalue weighted by molar-refractivity contribution is 0.0993. The molecule has 0 amide bonds. The molecule has 2 aromatic rings. The molecule has 0 bridgehead atoms. The molecule has 0 radical (unpaired) electrons. The monoisotopic (exact) mass is 324 g/mol. The molecule has 18 heavy (non-hydrogen) atoms. The maximum Gasteiger partial charge on any atom is 0.167 e. The van der Waals surface area contributed by atoms with Crippen LogP contribution in [0.4, 0.5) is 0 Å². The van der Waals surface area contributed by atoms with Crippen LogP contribution in [0.15, 0.2) is 46.9 Å². The number of hydrogen-bond donors (Lipinski definition) is 1. The lowest BCUT2D eigenvalue weighted by atomic mass is 10.0. The fraction of sp³-hybridized carbons (Fsp3) is 0.0714. The molecule has 2 nitrogen and oxygen atoms in total. The summed E-state index contributed by atoms with van der Waals surface area (Å²) in [6.45, 7) is 0. The van der Waals surface area contributed by atoms with E-state index in [1.165, 1.54) is 0 Å². The van der Waals surface area contributed by atoms with Gasteiger partial charge in [0.1, 0.15) is 5.75 Å². The Kier molecular flexibility index (Phi) is 4.04. The third-order valence-electron chi connectivity index (χ3n) is 2.52. The Morgan fingerprint density at radius 1 is 1.22 bits per heavy atom. The lowest BCUT2D eigenvalue weighted by Gasteiger charge is -2.04. The van der Waals surface area contributed by atoms with Gasteiger partial charge in [-0.2, -0.15) is 0 Å². The molecule has 0 aliphatic carbocycles. The van der Waals surface area contributed by atoms with Crippen molar-refractivity contribution in [2.75, 3.05) is 0 Å². The van der Waals surface area contributed by atoms with Gasteiger partial charge in [-0.05, 0) is 51.8 Å². The maximum absolute atomic E-state index is 12.0. The van der Waals surface area contributed by atoms with E-state index >= 15 is 0 Å². The predicted octanol–water partition coefficient (Wildman–Crippen LogP) is 4.23. The van der Waals surface area contributed by atoms with Crippen LogP contribution in [0.5, 0.6) is 5.75 Å². The van der Waals surface area contributed by atoms with E-state index in [4.69, 9.17) is 11.6 Å². The van der Waals surface area contributed by atoms with Crippen LogP contribution < -0.4 is 0 Å². The largest absolute Gasteiger partial charge is 0.508 e. The fourth-order valence-corrected chi connectivity index (χ4v) is 2.12. The van der Waals surface area contributed by atoms with E-state index in [2.05, 4.69) is 15.9 Å². The molecule has 2 aromatic carbocycles. The molecule has 0 atom stereocenters. The first-order valence-electron chi connectivity index (χ1n) is 5.32. The number of aromatic hydroxyl groups is 1. The summed E-state index contributed by atoms with van der Waals surface area (Å²) in [7, 11) is 0. The molecule has 4 heteroatoms. The highest BCUT2D eigenvalue weighted by molar-refractivity contribution is 9.10. The smallest absolute Gasteiger partial charge is 0.167 e. The van der Waals surface area contributed by atoms with Gasteiger partial charge in [0.05, 0.1) is 5.02 Å². The zero-order valence-corrected chi connectivity index (χ0v) is 11.7. The van der Waals surface area contributed by atoms with Gasteiger partial charge in [-0.15, -0.1) is 0 Å². The summed E-state index contributed by atoms with van der Waals surface area (Å²) in [5, 5.41) is 9.91. The quantitative estimate of drug-likeness (QED) is 0.857. The third-order valence-corrected chi connectivity index (χ3v) is 3.73. The van der Waals surface area contributed by atoms with E-state index < -0.39 is 0 Å². The second-order valence-electron chi connectivity index (χ2n) is 3.90. The third kappa shape index (κ3) is 3.12. The molecular formula is C14H10BrClO2. The first-order valence-corrected chi connectivity index (χ1v) is 6.49. The molecule has 2 rings (SSSR count). The Hall–Kier alpha value is -1.32. The standard InChI is InChI=1S/C14H10BrClO2/c15-12-8-10(4-5-13(12)16)14(18)7-9-2-1-3-11(17)6-9/h1-6,8,17H,7H2. The van der Waals surface area contributed by atoms with Crippen molar-refractivity contribution in [3.8, 4) is 5.75 Å². The summed E-state index contributed by atoms with van der Waals surface area (Å²) >= 11 is 9.16. The molecule has 0 heterocycles. The van der Waals surface area contributed by atoms with Crippen LogP contribution >= 0.6 is 27.5 Å². The second kappa shape index (κ2) is 5.55. The number of phenols is 1. The van der Waals surface area contributed by atoms with Crippen molar-refractivity contribution in [2.24, 2.45) is 0 Å². The van der Waals surface area contributed by atoms with Gasteiger partial charge >= 0.3 is 0 Å². The molecule has 0 aliphatic rings. The van der Waals surface area contributed by atoms with Crippen LogP contribution in [0.1, 0.15) is 15.9 Å². The molecule has 1 N–H and O–H groups in total. The Balaban J connectivity index is 2.19. The Labute approximate surface area is 118 Å². The summed E-state index contributed by atoms with van der Waals surface area (Å²) in [4.78, 5) is 12.0. The number of phenolic OH excluding ortho intramolecular Hbond substituents is 1. The predicted molar refractivity (Wildman–Crippen MR) is 75.3 cm³/mol. The van der Waals surface area contributed by atoms with Crippen molar-refractivity contribution in [3.05, 3.63) is 63.1 Å². The summed E-state index contributed by atoms with van der Waals surface area (Å²) in [5.41, 5.74) is 1.38. The topological polar surface area (TPSA) is 37.3 Å². The van der Waals surface area contributed by atoms with E-state index in [0.717, 1.165) is 5.56 Å². The molecule has 0 fully saturated rings. The maximum atomic E-state index is 12.0. The van der Waals surface area contributed by atoms with E-state index in [-0.39, 0.29) is 18.0 Å². The number of hydrogen-bond acceptors (Lipinski definition) is 2. The van der Waals surface area contributed by atoms with E-state index in [1.54, 1.807) is 36.4 Å². The number of benzene rings is 2. The van der Waals surface area contributed by atoms with E-state index in [9.17, 15) is 9.90 Å². The molecule has 0 aliphatic heterocycles. The van der Waals surface area contributed by atoms with E-state index in [1.807, 2.05) is 6.07 Å². The van der Waals surface area contributed by atoms with Gasteiger partial charge < -0.3 is 5.11 Å². The fourth-order valence-electron chi connectivity index (χ4n) is 1.62. The second-order valence-corrected chi connectivity index (χ2v) is 5.16. The first kappa shape index (κ1) is 13.1. The number of carbonyl (C=O) groups excluding carboxylic acids is 1. The van der Waals surface area contributed by atoms with Crippen LogP contribution in [0, 0.1) is 0 Å². The number of Topliss-reactive ketones (excluding diaryl/α,β-unsaturated/α-hetero) is 1. The highest BCUT2D eigenvalue weighted by atomic mass is 79.9. The van der Waals surface area contributed by atoms with Crippen LogP contribution in [0.25, 0.3) is 0 Å². The van der Waals surface area contributed by atoms with Crippen LogP contribution in [-0.4, -0.2) is 10.9 Å². The Morgan fingerprint density at radius 3 is 2.67 bits per heavy atom. The summed E-state index contributed by atoms with van der Waals surface area (Å²) < 4.78 is 0.700. The summed E-state index contributed by atoms with van der Waals surface area (Å²) in [6.07, 6.45) is 0.252. The SMILES string of the molecule is O=C(Cc1cccc(O)c1)c1ccc(Cl)c(Br)c1. The molecule has 0 unspecified atom stereocenters. The van der Waals surface area contributed by atoms with Gasteiger partial charge in [-0.25, -0.2) is 0 Å². The molecule has 0 spiro atoms. The van der Waals surface area contributed by atoms with Crippen LogP contribution in [0.3, 0.4) is 0 Å². The summed E-state index contributed by atoms with van der Waals surface area (Å²) in [5.74, 6) is 0.149. The Morgan fingerprint density at radius 2 is 2.00 bits per heavy atom. The normalized spacial score (nSPS) is 10.3. The van der Waals surface area contributed by atoms with Gasteiger partial charge in [0, 0.05) is 16.5 Å². The van der Waals surface area contributed by atoms with Gasteiger partial charge in [-0.3, -0.25) is 4.79 Å². The molecule has 92 valence electrons. The van der Waals surface area contributed by atoms with Gasteiger partial charge in [-0.1, -0.05) is 23.7 Å². The minimum absolute atomic E-state index is 0.0158. The zero-order valence-electron chi connectivity index (χ0n) is 9.36. The van der Waals surface area contributed by atoms with Gasteiger partial charge in [0.2, 0.25) is 0 Å². The molecule has 0 saturated heterocycles. The van der Waals surface area contributed by atoms with Crippen molar-refractivity contribution in [3.63, 3.8) is 0 Å². The minimum atomic E-state index is -0.0158. The molecule has 0 saturated carbocycles. The van der Waals surface area contributed by atoms with E-state index in [0.29, 0.717) is 15.1 Å². The number of rotatable bonds is 3. The van der Waals surface area contributed by atoms with Crippen molar-refractivity contribution in [1.29, 1.82) is 0 Å². The van der Waals surface area contributed by atoms with Crippen molar-refractivity contribution in [1.82, 2.24) is 0 Å². The van der Waals surface area contributed by atoms with Gasteiger partial charge in [0.25, 0.3) is 0 Å². The average Bonchev–Trinajstić information content (AvgIpc) is 2.32. The van der Waals surface area contributed by atoms with Gasteiger partial charge in [0.15, 0.2) is 5.78 Å². The highest BCUT2D eigenvalue weighted by Gasteiger charge is 2.09. The lowest BCUT2D eigenvalue weighted by Crippen LogP contribution is -2.03. The van der Waals surface area contributed by atoms with Crippen molar-refractivity contribution >= 4 is 33.3 Å².